The Labute approximate surface area is 77.8 Å². The van der Waals surface area contributed by atoms with Crippen molar-refractivity contribution in [2.75, 3.05) is 7.11 Å². The first-order chi connectivity index (χ1) is 6.27. The van der Waals surface area contributed by atoms with E-state index in [1.165, 1.54) is 7.11 Å². The van der Waals surface area contributed by atoms with Crippen molar-refractivity contribution in [1.82, 2.24) is 0 Å². The molecule has 2 nitrogen and oxygen atoms in total. The first-order valence-corrected chi connectivity index (χ1v) is 4.09. The minimum absolute atomic E-state index is 0.299. The Balaban J connectivity index is 2.87. The van der Waals surface area contributed by atoms with Crippen molar-refractivity contribution in [2.45, 2.75) is 6.92 Å². The summed E-state index contributed by atoms with van der Waals surface area (Å²) in [6.45, 7) is 1.95. The van der Waals surface area contributed by atoms with Gasteiger partial charge < -0.3 is 4.74 Å². The summed E-state index contributed by atoms with van der Waals surface area (Å²) in [5.74, 6) is -0.299. The maximum Gasteiger partial charge on any atom is 0.337 e. The van der Waals surface area contributed by atoms with Crippen LogP contribution in [0.2, 0.25) is 0 Å². The Morgan fingerprint density at radius 3 is 2.38 bits per heavy atom. The number of hydrogen-bond donors (Lipinski definition) is 0. The van der Waals surface area contributed by atoms with E-state index in [1.54, 1.807) is 12.1 Å². The van der Waals surface area contributed by atoms with E-state index in [4.69, 9.17) is 0 Å². The molecule has 0 atom stereocenters. The monoisotopic (exact) mass is 176 g/mol. The third kappa shape index (κ3) is 2.44. The van der Waals surface area contributed by atoms with Crippen molar-refractivity contribution >= 4 is 12.0 Å². The first-order valence-electron chi connectivity index (χ1n) is 4.09. The summed E-state index contributed by atoms with van der Waals surface area (Å²) in [5.41, 5.74) is 1.66. The molecular formula is C11H12O2. The Morgan fingerprint density at radius 2 is 1.92 bits per heavy atom. The fourth-order valence-electron chi connectivity index (χ4n) is 1.04. The van der Waals surface area contributed by atoms with Gasteiger partial charge in [-0.05, 0) is 24.6 Å². The fourth-order valence-corrected chi connectivity index (χ4v) is 1.04. The van der Waals surface area contributed by atoms with E-state index in [-0.39, 0.29) is 5.97 Å². The van der Waals surface area contributed by atoms with Crippen molar-refractivity contribution in [2.24, 2.45) is 0 Å². The van der Waals surface area contributed by atoms with Gasteiger partial charge in [0.25, 0.3) is 0 Å². The molecule has 1 aromatic rings. The molecule has 0 saturated heterocycles. The lowest BCUT2D eigenvalue weighted by Gasteiger charge is -1.98. The van der Waals surface area contributed by atoms with E-state index < -0.39 is 0 Å². The second-order valence-corrected chi connectivity index (χ2v) is 2.61. The molecule has 0 fully saturated rings. The van der Waals surface area contributed by atoms with E-state index in [9.17, 15) is 4.79 Å². The van der Waals surface area contributed by atoms with Crippen LogP contribution in [0.4, 0.5) is 0 Å². The quantitative estimate of drug-likeness (QED) is 0.647. The van der Waals surface area contributed by atoms with Crippen LogP contribution < -0.4 is 0 Å². The van der Waals surface area contributed by atoms with Gasteiger partial charge in [0, 0.05) is 0 Å². The maximum absolute atomic E-state index is 11.0. The van der Waals surface area contributed by atoms with Crippen LogP contribution in [-0.2, 0) is 4.74 Å². The summed E-state index contributed by atoms with van der Waals surface area (Å²) in [6, 6.07) is 7.26. The van der Waals surface area contributed by atoms with Crippen molar-refractivity contribution in [3.63, 3.8) is 0 Å². The predicted octanol–water partition coefficient (Wildman–Crippen LogP) is 2.51. The van der Waals surface area contributed by atoms with Crippen LogP contribution in [-0.4, -0.2) is 13.1 Å². The van der Waals surface area contributed by atoms with Gasteiger partial charge >= 0.3 is 5.97 Å². The number of carbonyl (C=O) groups is 1. The Kier molecular flexibility index (Phi) is 3.26. The molecule has 68 valence electrons. The minimum atomic E-state index is -0.299. The van der Waals surface area contributed by atoms with Gasteiger partial charge in [0.2, 0.25) is 0 Å². The van der Waals surface area contributed by atoms with Gasteiger partial charge in [-0.25, -0.2) is 4.79 Å². The number of rotatable bonds is 2. The highest BCUT2D eigenvalue weighted by atomic mass is 16.5. The SMILES string of the molecule is CC=Cc1ccc(C(=O)OC)cc1. The van der Waals surface area contributed by atoms with E-state index >= 15 is 0 Å². The molecule has 0 unspecified atom stereocenters. The standard InChI is InChI=1S/C11H12O2/c1-3-4-9-5-7-10(8-6-9)11(12)13-2/h3-8H,1-2H3. The zero-order valence-corrected chi connectivity index (χ0v) is 7.78. The Bertz CT molecular complexity index is 309. The molecule has 13 heavy (non-hydrogen) atoms. The number of hydrogen-bond acceptors (Lipinski definition) is 2. The number of benzene rings is 1. The summed E-state index contributed by atoms with van der Waals surface area (Å²) in [4.78, 5) is 11.0. The first kappa shape index (κ1) is 9.52. The van der Waals surface area contributed by atoms with Crippen molar-refractivity contribution in [3.05, 3.63) is 41.5 Å². The van der Waals surface area contributed by atoms with Crippen LogP contribution in [0.15, 0.2) is 30.3 Å². The van der Waals surface area contributed by atoms with E-state index in [0.717, 1.165) is 5.56 Å². The largest absolute Gasteiger partial charge is 0.465 e. The second-order valence-electron chi connectivity index (χ2n) is 2.61. The molecule has 1 aromatic carbocycles. The van der Waals surface area contributed by atoms with E-state index in [1.807, 2.05) is 31.2 Å². The van der Waals surface area contributed by atoms with Crippen LogP contribution in [0.3, 0.4) is 0 Å². The zero-order chi connectivity index (χ0) is 9.68. The maximum atomic E-state index is 11.0. The molecule has 0 aliphatic carbocycles. The van der Waals surface area contributed by atoms with Crippen LogP contribution in [0.1, 0.15) is 22.8 Å². The van der Waals surface area contributed by atoms with Gasteiger partial charge in [0.1, 0.15) is 0 Å². The molecule has 0 aliphatic heterocycles. The molecule has 0 spiro atoms. The molecule has 1 rings (SSSR count). The molecule has 0 N–H and O–H groups in total. The van der Waals surface area contributed by atoms with Gasteiger partial charge in [-0.3, -0.25) is 0 Å². The van der Waals surface area contributed by atoms with Gasteiger partial charge in [-0.2, -0.15) is 0 Å². The highest BCUT2D eigenvalue weighted by Gasteiger charge is 2.02. The average Bonchev–Trinajstić information content (AvgIpc) is 2.18. The Morgan fingerprint density at radius 1 is 1.31 bits per heavy atom. The van der Waals surface area contributed by atoms with E-state index in [2.05, 4.69) is 4.74 Å². The summed E-state index contributed by atoms with van der Waals surface area (Å²) < 4.78 is 4.58. The minimum Gasteiger partial charge on any atom is -0.465 e. The highest BCUT2D eigenvalue weighted by Crippen LogP contribution is 2.06. The van der Waals surface area contributed by atoms with Crippen LogP contribution in [0.25, 0.3) is 6.08 Å². The third-order valence-corrected chi connectivity index (χ3v) is 1.69. The molecule has 0 saturated carbocycles. The fraction of sp³-hybridized carbons (Fsp3) is 0.182. The van der Waals surface area contributed by atoms with Crippen molar-refractivity contribution in [3.8, 4) is 0 Å². The van der Waals surface area contributed by atoms with Crippen LogP contribution >= 0.6 is 0 Å². The summed E-state index contributed by atoms with van der Waals surface area (Å²) in [7, 11) is 1.38. The van der Waals surface area contributed by atoms with Crippen LogP contribution in [0, 0.1) is 0 Å². The molecule has 2 heteroatoms. The van der Waals surface area contributed by atoms with Gasteiger partial charge in [-0.15, -0.1) is 0 Å². The number of ether oxygens (including phenoxy) is 1. The molecule has 0 bridgehead atoms. The Hall–Kier alpha value is -1.57. The van der Waals surface area contributed by atoms with Gasteiger partial charge in [0.05, 0.1) is 12.7 Å². The molecule has 0 aromatic heterocycles. The smallest absolute Gasteiger partial charge is 0.337 e. The summed E-state index contributed by atoms with van der Waals surface area (Å²) in [5, 5.41) is 0. The van der Waals surface area contributed by atoms with Gasteiger partial charge in [0.15, 0.2) is 0 Å². The molecular weight excluding hydrogens is 164 g/mol. The lowest BCUT2D eigenvalue weighted by molar-refractivity contribution is 0.0601. The third-order valence-electron chi connectivity index (χ3n) is 1.69. The molecule has 0 aliphatic rings. The number of carbonyl (C=O) groups excluding carboxylic acids is 1. The highest BCUT2D eigenvalue weighted by molar-refractivity contribution is 5.89. The topological polar surface area (TPSA) is 26.3 Å². The number of esters is 1. The molecule has 0 heterocycles. The van der Waals surface area contributed by atoms with E-state index in [0.29, 0.717) is 5.56 Å². The molecule has 0 amide bonds. The summed E-state index contributed by atoms with van der Waals surface area (Å²) in [6.07, 6.45) is 3.92. The lowest BCUT2D eigenvalue weighted by atomic mass is 10.1. The van der Waals surface area contributed by atoms with Crippen molar-refractivity contribution in [1.29, 1.82) is 0 Å². The lowest BCUT2D eigenvalue weighted by Crippen LogP contribution is -2.00. The second kappa shape index (κ2) is 4.45. The predicted molar refractivity (Wildman–Crippen MR) is 52.5 cm³/mol. The zero-order valence-electron chi connectivity index (χ0n) is 7.78. The number of allylic oxidation sites excluding steroid dienone is 1. The van der Waals surface area contributed by atoms with Crippen LogP contribution in [0.5, 0.6) is 0 Å². The average molecular weight is 176 g/mol. The number of methoxy groups -OCH3 is 1. The van der Waals surface area contributed by atoms with Gasteiger partial charge in [-0.1, -0.05) is 24.3 Å². The molecule has 0 radical (unpaired) electrons. The summed E-state index contributed by atoms with van der Waals surface area (Å²) >= 11 is 0. The van der Waals surface area contributed by atoms with Crippen molar-refractivity contribution < 1.29 is 9.53 Å². The normalized spacial score (nSPS) is 10.3.